The molecular weight excluding hydrogens is 342 g/mol. The van der Waals surface area contributed by atoms with Crippen molar-refractivity contribution in [2.45, 2.75) is 0 Å². The van der Waals surface area contributed by atoms with Crippen molar-refractivity contribution < 1.29 is 9.66 Å². The second kappa shape index (κ2) is 7.05. The molecule has 0 aliphatic rings. The van der Waals surface area contributed by atoms with E-state index < -0.39 is 4.92 Å². The highest BCUT2D eigenvalue weighted by molar-refractivity contribution is 7.71. The van der Waals surface area contributed by atoms with Crippen LogP contribution in [-0.4, -0.2) is 33.1 Å². The van der Waals surface area contributed by atoms with E-state index in [9.17, 15) is 10.1 Å². The minimum absolute atomic E-state index is 0.0543. The molecule has 0 saturated carbocycles. The molecular formula is C16H13N5O3S. The molecule has 0 fully saturated rings. The number of aromatic amines is 1. The summed E-state index contributed by atoms with van der Waals surface area (Å²) < 4.78 is 6.97. The molecule has 0 saturated heterocycles. The number of rotatable bonds is 5. The Morgan fingerprint density at radius 3 is 2.76 bits per heavy atom. The maximum absolute atomic E-state index is 11.0. The third kappa shape index (κ3) is 3.45. The molecule has 9 heteroatoms. The lowest BCUT2D eigenvalue weighted by molar-refractivity contribution is -0.384. The fraction of sp³-hybridized carbons (Fsp3) is 0.0625. The molecule has 0 aliphatic heterocycles. The third-order valence-corrected chi connectivity index (χ3v) is 3.68. The molecule has 0 spiro atoms. The maximum Gasteiger partial charge on any atom is 0.270 e. The predicted molar refractivity (Wildman–Crippen MR) is 95.5 cm³/mol. The Hall–Kier alpha value is -3.33. The number of methoxy groups -OCH3 is 1. The number of non-ortho nitro benzene ring substituents is 1. The summed E-state index contributed by atoms with van der Waals surface area (Å²) in [6.07, 6.45) is 1.45. The number of nitrogens with one attached hydrogen (secondary N) is 1. The van der Waals surface area contributed by atoms with Gasteiger partial charge in [-0.05, 0) is 18.3 Å². The fourth-order valence-electron chi connectivity index (χ4n) is 2.23. The molecule has 126 valence electrons. The van der Waals surface area contributed by atoms with Crippen molar-refractivity contribution in [3.63, 3.8) is 0 Å². The molecule has 0 atom stereocenters. The van der Waals surface area contributed by atoms with Gasteiger partial charge >= 0.3 is 0 Å². The average molecular weight is 355 g/mol. The number of hydrogen-bond donors (Lipinski definition) is 1. The van der Waals surface area contributed by atoms with Gasteiger partial charge in [-0.15, -0.1) is 0 Å². The Labute approximate surface area is 147 Å². The first-order valence-corrected chi connectivity index (χ1v) is 7.60. The van der Waals surface area contributed by atoms with Crippen molar-refractivity contribution in [1.29, 1.82) is 0 Å². The van der Waals surface area contributed by atoms with E-state index in [0.29, 0.717) is 21.9 Å². The van der Waals surface area contributed by atoms with Crippen molar-refractivity contribution in [2.75, 3.05) is 7.11 Å². The van der Waals surface area contributed by atoms with E-state index in [-0.39, 0.29) is 5.69 Å². The molecule has 1 heterocycles. The molecule has 3 rings (SSSR count). The van der Waals surface area contributed by atoms with Crippen LogP contribution in [0.2, 0.25) is 0 Å². The van der Waals surface area contributed by atoms with Crippen LogP contribution in [0.15, 0.2) is 53.6 Å². The minimum Gasteiger partial charge on any atom is -0.496 e. The molecule has 1 aromatic heterocycles. The van der Waals surface area contributed by atoms with Crippen LogP contribution in [0.4, 0.5) is 5.69 Å². The van der Waals surface area contributed by atoms with Gasteiger partial charge in [0.15, 0.2) is 5.82 Å². The summed E-state index contributed by atoms with van der Waals surface area (Å²) in [6.45, 7) is 0. The summed E-state index contributed by atoms with van der Waals surface area (Å²) in [7, 11) is 1.48. The van der Waals surface area contributed by atoms with Gasteiger partial charge in [0.25, 0.3) is 5.69 Å². The number of ether oxygens (including phenoxy) is 1. The van der Waals surface area contributed by atoms with Crippen LogP contribution in [-0.2, 0) is 0 Å². The van der Waals surface area contributed by atoms with Gasteiger partial charge in [0, 0.05) is 23.3 Å². The first-order valence-electron chi connectivity index (χ1n) is 7.20. The van der Waals surface area contributed by atoms with E-state index in [1.807, 2.05) is 30.3 Å². The zero-order valence-electron chi connectivity index (χ0n) is 13.1. The van der Waals surface area contributed by atoms with E-state index in [2.05, 4.69) is 15.3 Å². The monoisotopic (exact) mass is 355 g/mol. The van der Waals surface area contributed by atoms with Crippen molar-refractivity contribution in [3.05, 3.63) is 69.0 Å². The zero-order valence-corrected chi connectivity index (χ0v) is 13.9. The second-order valence-electron chi connectivity index (χ2n) is 4.96. The lowest BCUT2D eigenvalue weighted by Crippen LogP contribution is -1.98. The Kier molecular flexibility index (Phi) is 4.66. The number of nitrogens with zero attached hydrogens (tertiary/aromatic N) is 4. The third-order valence-electron chi connectivity index (χ3n) is 3.42. The van der Waals surface area contributed by atoms with Crippen molar-refractivity contribution >= 4 is 24.1 Å². The highest BCUT2D eigenvalue weighted by Crippen LogP contribution is 2.23. The van der Waals surface area contributed by atoms with Gasteiger partial charge in [0.1, 0.15) is 5.75 Å². The zero-order chi connectivity index (χ0) is 17.8. The van der Waals surface area contributed by atoms with Gasteiger partial charge in [-0.1, -0.05) is 30.3 Å². The smallest absolute Gasteiger partial charge is 0.270 e. The standard InChI is InChI=1S/C16H13N5O3S/c1-24-14-8-7-13(21(22)23)9-12(14)10-17-20-15(18-19-16(20)25)11-5-3-2-4-6-11/h2-10H,1H3,(H,19,25)/b17-10+. The number of hydrogen-bond acceptors (Lipinski definition) is 6. The molecule has 0 unspecified atom stereocenters. The Bertz CT molecular complexity index is 995. The number of nitro benzene ring substituents is 1. The molecule has 8 nitrogen and oxygen atoms in total. The summed E-state index contributed by atoms with van der Waals surface area (Å²) in [5.41, 5.74) is 1.23. The minimum atomic E-state index is -0.477. The average Bonchev–Trinajstić information content (AvgIpc) is 3.01. The Balaban J connectivity index is 2.04. The van der Waals surface area contributed by atoms with Crippen molar-refractivity contribution in [1.82, 2.24) is 14.9 Å². The Morgan fingerprint density at radius 1 is 1.32 bits per heavy atom. The first-order chi connectivity index (χ1) is 12.1. The fourth-order valence-corrected chi connectivity index (χ4v) is 2.41. The van der Waals surface area contributed by atoms with Gasteiger partial charge in [-0.3, -0.25) is 10.1 Å². The van der Waals surface area contributed by atoms with Gasteiger partial charge in [-0.25, -0.2) is 5.10 Å². The van der Waals surface area contributed by atoms with Crippen LogP contribution in [0, 0.1) is 14.9 Å². The molecule has 1 N–H and O–H groups in total. The van der Waals surface area contributed by atoms with Crippen molar-refractivity contribution in [3.8, 4) is 17.1 Å². The summed E-state index contributed by atoms with van der Waals surface area (Å²) >= 11 is 5.21. The lowest BCUT2D eigenvalue weighted by atomic mass is 10.2. The highest BCUT2D eigenvalue weighted by atomic mass is 32.1. The molecule has 0 aliphatic carbocycles. The van der Waals surface area contributed by atoms with E-state index in [0.717, 1.165) is 5.56 Å². The highest BCUT2D eigenvalue weighted by Gasteiger charge is 2.11. The Morgan fingerprint density at radius 2 is 2.08 bits per heavy atom. The molecule has 2 aromatic carbocycles. The van der Waals surface area contributed by atoms with Crippen molar-refractivity contribution in [2.24, 2.45) is 5.10 Å². The van der Waals surface area contributed by atoms with Gasteiger partial charge < -0.3 is 4.74 Å². The van der Waals surface area contributed by atoms with Crippen LogP contribution in [0.1, 0.15) is 5.56 Å². The van der Waals surface area contributed by atoms with Crippen LogP contribution in [0.5, 0.6) is 5.75 Å². The quantitative estimate of drug-likeness (QED) is 0.327. The summed E-state index contributed by atoms with van der Waals surface area (Å²) in [5.74, 6) is 0.997. The SMILES string of the molecule is COc1ccc([N+](=O)[O-])cc1/C=N/n1c(-c2ccccc2)n[nH]c1=S. The normalized spacial score (nSPS) is 10.9. The van der Waals surface area contributed by atoms with Crippen LogP contribution < -0.4 is 4.74 Å². The van der Waals surface area contributed by atoms with E-state index in [4.69, 9.17) is 17.0 Å². The number of H-pyrrole nitrogens is 1. The van der Waals surface area contributed by atoms with Crippen LogP contribution in [0.25, 0.3) is 11.4 Å². The lowest BCUT2D eigenvalue weighted by Gasteiger charge is -2.04. The topological polar surface area (TPSA) is 98.3 Å². The van der Waals surface area contributed by atoms with Gasteiger partial charge in [0.05, 0.1) is 18.2 Å². The van der Waals surface area contributed by atoms with Gasteiger partial charge in [-0.2, -0.15) is 14.9 Å². The predicted octanol–water partition coefficient (Wildman–Crippen LogP) is 3.41. The summed E-state index contributed by atoms with van der Waals surface area (Å²) in [4.78, 5) is 10.5. The largest absolute Gasteiger partial charge is 0.496 e. The summed E-state index contributed by atoms with van der Waals surface area (Å²) in [5, 5.41) is 22.1. The van der Waals surface area contributed by atoms with E-state index in [1.165, 1.54) is 36.2 Å². The van der Waals surface area contributed by atoms with Gasteiger partial charge in [0.2, 0.25) is 4.77 Å². The van der Waals surface area contributed by atoms with E-state index in [1.54, 1.807) is 0 Å². The molecule has 0 amide bonds. The number of nitro groups is 1. The molecule has 0 bridgehead atoms. The number of aromatic nitrogens is 3. The maximum atomic E-state index is 11.0. The van der Waals surface area contributed by atoms with Crippen LogP contribution >= 0.6 is 12.2 Å². The van der Waals surface area contributed by atoms with Crippen LogP contribution in [0.3, 0.4) is 0 Å². The molecule has 3 aromatic rings. The first kappa shape index (κ1) is 16.5. The molecule has 0 radical (unpaired) electrons. The number of benzene rings is 2. The second-order valence-corrected chi connectivity index (χ2v) is 5.34. The van der Waals surface area contributed by atoms with E-state index >= 15 is 0 Å². The molecule has 25 heavy (non-hydrogen) atoms. The summed E-state index contributed by atoms with van der Waals surface area (Å²) in [6, 6.07) is 13.7.